The van der Waals surface area contributed by atoms with Crippen LogP contribution in [0, 0.1) is 12.8 Å². The largest absolute Gasteiger partial charge is 0.250 e. The van der Waals surface area contributed by atoms with Gasteiger partial charge in [0.05, 0.1) is 4.34 Å². The first-order valence-electron chi connectivity index (χ1n) is 6.30. The van der Waals surface area contributed by atoms with Crippen LogP contribution in [0.15, 0.2) is 10.3 Å². The zero-order valence-electron chi connectivity index (χ0n) is 10.7. The van der Waals surface area contributed by atoms with Crippen LogP contribution in [0.4, 0.5) is 0 Å². The van der Waals surface area contributed by atoms with Crippen LogP contribution in [0.1, 0.15) is 31.2 Å². The van der Waals surface area contributed by atoms with Crippen LogP contribution >= 0.6 is 38.9 Å². The number of rotatable bonds is 4. The van der Waals surface area contributed by atoms with E-state index in [0.29, 0.717) is 25.8 Å². The minimum absolute atomic E-state index is 0.303. The van der Waals surface area contributed by atoms with E-state index in [1.165, 1.54) is 12.8 Å². The molecule has 1 heterocycles. The molecular formula is C12H17BrClNO2S2. The predicted octanol–water partition coefficient (Wildman–Crippen LogP) is 3.94. The third-order valence-corrected chi connectivity index (χ3v) is 8.11. The van der Waals surface area contributed by atoms with Crippen molar-refractivity contribution in [3.8, 4) is 0 Å². The number of halogens is 2. The van der Waals surface area contributed by atoms with Crippen molar-refractivity contribution in [2.45, 2.75) is 41.6 Å². The van der Waals surface area contributed by atoms with Gasteiger partial charge in [0, 0.05) is 11.4 Å². The molecule has 2 unspecified atom stereocenters. The zero-order chi connectivity index (χ0) is 14.0. The van der Waals surface area contributed by atoms with Crippen LogP contribution in [0.25, 0.3) is 0 Å². The van der Waals surface area contributed by atoms with Gasteiger partial charge in [-0.1, -0.05) is 40.4 Å². The standard InChI is InChI=1S/C12H17BrClNO2S2/c1-8-6-11(18-12(8)14)19(16,17)15-7-9-4-2-3-5-10(9)13/h6,9-10,15H,2-5,7H2,1H3. The van der Waals surface area contributed by atoms with E-state index in [-0.39, 0.29) is 0 Å². The molecule has 0 spiro atoms. The lowest BCUT2D eigenvalue weighted by Crippen LogP contribution is -2.34. The van der Waals surface area contributed by atoms with Crippen LogP contribution in [-0.2, 0) is 10.0 Å². The fourth-order valence-electron chi connectivity index (χ4n) is 2.24. The normalized spacial score (nSPS) is 24.6. The summed E-state index contributed by atoms with van der Waals surface area (Å²) < 4.78 is 27.9. The van der Waals surface area contributed by atoms with E-state index in [0.717, 1.165) is 29.7 Å². The van der Waals surface area contributed by atoms with Gasteiger partial charge in [-0.15, -0.1) is 11.3 Å². The molecule has 2 atom stereocenters. The highest BCUT2D eigenvalue weighted by atomic mass is 79.9. The molecule has 1 saturated carbocycles. The van der Waals surface area contributed by atoms with E-state index >= 15 is 0 Å². The number of alkyl halides is 1. The van der Waals surface area contributed by atoms with Crippen LogP contribution in [0.3, 0.4) is 0 Å². The van der Waals surface area contributed by atoms with Gasteiger partial charge in [-0.2, -0.15) is 0 Å². The van der Waals surface area contributed by atoms with E-state index < -0.39 is 10.0 Å². The Morgan fingerprint density at radius 3 is 2.74 bits per heavy atom. The minimum atomic E-state index is -3.42. The van der Waals surface area contributed by atoms with Crippen molar-refractivity contribution < 1.29 is 8.42 Å². The molecule has 1 aliphatic carbocycles. The van der Waals surface area contributed by atoms with E-state index in [1.807, 2.05) is 6.92 Å². The molecule has 0 radical (unpaired) electrons. The maximum Gasteiger partial charge on any atom is 0.250 e. The Kier molecular flexibility index (Phi) is 5.34. The molecule has 1 N–H and O–H groups in total. The SMILES string of the molecule is Cc1cc(S(=O)(=O)NCC2CCCCC2Br)sc1Cl. The van der Waals surface area contributed by atoms with Crippen molar-refractivity contribution in [3.05, 3.63) is 16.0 Å². The van der Waals surface area contributed by atoms with Crippen molar-refractivity contribution in [1.29, 1.82) is 0 Å². The average Bonchev–Trinajstić information content (AvgIpc) is 2.70. The molecule has 1 aromatic heterocycles. The Labute approximate surface area is 131 Å². The second kappa shape index (κ2) is 6.43. The molecule has 7 heteroatoms. The summed E-state index contributed by atoms with van der Waals surface area (Å²) >= 11 is 10.7. The Bertz CT molecular complexity index is 524. The maximum absolute atomic E-state index is 12.2. The monoisotopic (exact) mass is 385 g/mol. The first kappa shape index (κ1) is 15.8. The molecule has 2 rings (SSSR count). The Balaban J connectivity index is 2.01. The summed E-state index contributed by atoms with van der Waals surface area (Å²) in [5.41, 5.74) is 0.808. The molecule has 0 saturated heterocycles. The van der Waals surface area contributed by atoms with Crippen molar-refractivity contribution >= 4 is 48.9 Å². The third kappa shape index (κ3) is 3.94. The fraction of sp³-hybridized carbons (Fsp3) is 0.667. The molecular weight excluding hydrogens is 370 g/mol. The van der Waals surface area contributed by atoms with E-state index in [9.17, 15) is 8.42 Å². The number of sulfonamides is 1. The first-order chi connectivity index (χ1) is 8.90. The van der Waals surface area contributed by atoms with Crippen LogP contribution in [0.2, 0.25) is 4.34 Å². The molecule has 0 aromatic carbocycles. The quantitative estimate of drug-likeness (QED) is 0.797. The van der Waals surface area contributed by atoms with Crippen molar-refractivity contribution in [1.82, 2.24) is 4.72 Å². The highest BCUT2D eigenvalue weighted by Gasteiger charge is 2.25. The summed E-state index contributed by atoms with van der Waals surface area (Å²) in [4.78, 5) is 0.414. The number of aryl methyl sites for hydroxylation is 1. The van der Waals surface area contributed by atoms with Crippen molar-refractivity contribution in [2.75, 3.05) is 6.54 Å². The number of hydrogen-bond donors (Lipinski definition) is 1. The summed E-state index contributed by atoms with van der Waals surface area (Å²) in [6.45, 7) is 2.31. The lowest BCUT2D eigenvalue weighted by Gasteiger charge is -2.27. The lowest BCUT2D eigenvalue weighted by molar-refractivity contribution is 0.373. The van der Waals surface area contributed by atoms with Gasteiger partial charge in [-0.05, 0) is 37.3 Å². The summed E-state index contributed by atoms with van der Waals surface area (Å²) in [6.07, 6.45) is 4.59. The topological polar surface area (TPSA) is 46.2 Å². The summed E-state index contributed by atoms with van der Waals surface area (Å²) in [5.74, 6) is 0.375. The van der Waals surface area contributed by atoms with E-state index in [4.69, 9.17) is 11.6 Å². The molecule has 1 aliphatic rings. The molecule has 1 aromatic rings. The van der Waals surface area contributed by atoms with E-state index in [1.54, 1.807) is 6.07 Å². The van der Waals surface area contributed by atoms with Crippen molar-refractivity contribution in [3.63, 3.8) is 0 Å². The molecule has 1 fully saturated rings. The molecule has 0 amide bonds. The van der Waals surface area contributed by atoms with Gasteiger partial charge in [0.25, 0.3) is 0 Å². The molecule has 19 heavy (non-hydrogen) atoms. The predicted molar refractivity (Wildman–Crippen MR) is 83.9 cm³/mol. The van der Waals surface area contributed by atoms with Gasteiger partial charge in [-0.25, -0.2) is 13.1 Å². The maximum atomic E-state index is 12.2. The zero-order valence-corrected chi connectivity index (χ0v) is 14.6. The van der Waals surface area contributed by atoms with Crippen molar-refractivity contribution in [2.24, 2.45) is 5.92 Å². The van der Waals surface area contributed by atoms with Gasteiger partial charge < -0.3 is 0 Å². The fourth-order valence-corrected chi connectivity index (χ4v) is 5.87. The summed E-state index contributed by atoms with van der Waals surface area (Å²) in [6, 6.07) is 1.63. The van der Waals surface area contributed by atoms with Crippen LogP contribution < -0.4 is 4.72 Å². The number of hydrogen-bond acceptors (Lipinski definition) is 3. The molecule has 108 valence electrons. The summed E-state index contributed by atoms with van der Waals surface area (Å²) in [5, 5.41) is 0. The summed E-state index contributed by atoms with van der Waals surface area (Å²) in [7, 11) is -3.42. The number of thiophene rings is 1. The Morgan fingerprint density at radius 1 is 1.47 bits per heavy atom. The van der Waals surface area contributed by atoms with Crippen LogP contribution in [0.5, 0.6) is 0 Å². The van der Waals surface area contributed by atoms with Gasteiger partial charge in [-0.3, -0.25) is 0 Å². The number of nitrogens with one attached hydrogen (secondary N) is 1. The first-order valence-corrected chi connectivity index (χ1v) is 9.89. The minimum Gasteiger partial charge on any atom is -0.210 e. The second-order valence-corrected chi connectivity index (χ2v) is 9.76. The van der Waals surface area contributed by atoms with E-state index in [2.05, 4.69) is 20.7 Å². The van der Waals surface area contributed by atoms with Gasteiger partial charge in [0.2, 0.25) is 10.0 Å². The average molecular weight is 387 g/mol. The highest BCUT2D eigenvalue weighted by molar-refractivity contribution is 9.09. The Hall–Kier alpha value is 0.380. The van der Waals surface area contributed by atoms with Gasteiger partial charge in [0.15, 0.2) is 0 Å². The lowest BCUT2D eigenvalue weighted by atomic mass is 9.89. The third-order valence-electron chi connectivity index (χ3n) is 3.45. The second-order valence-electron chi connectivity index (χ2n) is 4.93. The molecule has 3 nitrogen and oxygen atoms in total. The Morgan fingerprint density at radius 2 is 2.16 bits per heavy atom. The smallest absolute Gasteiger partial charge is 0.210 e. The van der Waals surface area contributed by atoms with Gasteiger partial charge >= 0.3 is 0 Å². The highest BCUT2D eigenvalue weighted by Crippen LogP contribution is 2.32. The van der Waals surface area contributed by atoms with Crippen LogP contribution in [-0.4, -0.2) is 19.8 Å². The molecule has 0 aliphatic heterocycles. The molecule has 0 bridgehead atoms. The van der Waals surface area contributed by atoms with Gasteiger partial charge in [0.1, 0.15) is 4.21 Å².